The van der Waals surface area contributed by atoms with Gasteiger partial charge in [-0.1, -0.05) is 72.8 Å². The van der Waals surface area contributed by atoms with Crippen molar-refractivity contribution in [3.63, 3.8) is 0 Å². The zero-order valence-corrected chi connectivity index (χ0v) is 18.9. The molecule has 1 heterocycles. The number of β-amino-alcohol motifs (C(OH)–C–C–N with tert-alkyl or cyclic N) is 1. The number of aliphatic hydroxyl groups excluding tert-OH is 1. The van der Waals surface area contributed by atoms with Gasteiger partial charge in [0.1, 0.15) is 12.4 Å². The third-order valence-electron chi connectivity index (χ3n) is 6.37. The Morgan fingerprint density at radius 3 is 2.22 bits per heavy atom. The average Bonchev–Trinajstić information content (AvgIpc) is 2.84. The Balaban J connectivity index is 1.45. The summed E-state index contributed by atoms with van der Waals surface area (Å²) in [4.78, 5) is 2.33. The van der Waals surface area contributed by atoms with Crippen molar-refractivity contribution in [1.29, 1.82) is 0 Å². The largest absolute Gasteiger partial charge is 0.489 e. The zero-order chi connectivity index (χ0) is 22.3. The molecule has 0 unspecified atom stereocenters. The van der Waals surface area contributed by atoms with Crippen molar-refractivity contribution in [2.75, 3.05) is 19.7 Å². The summed E-state index contributed by atoms with van der Waals surface area (Å²) in [6, 6.07) is 29.0. The second kappa shape index (κ2) is 10.8. The molecule has 3 aromatic rings. The van der Waals surface area contributed by atoms with Gasteiger partial charge >= 0.3 is 0 Å². The molecular weight excluding hydrogens is 398 g/mol. The van der Waals surface area contributed by atoms with Crippen LogP contribution in [0.2, 0.25) is 0 Å². The van der Waals surface area contributed by atoms with Crippen LogP contribution in [0.3, 0.4) is 0 Å². The topological polar surface area (TPSA) is 41.9 Å². The van der Waals surface area contributed by atoms with E-state index in [2.05, 4.69) is 60.4 Å². The lowest BCUT2D eigenvalue weighted by Gasteiger charge is -2.44. The van der Waals surface area contributed by atoms with Gasteiger partial charge in [0.25, 0.3) is 0 Å². The Hall–Kier alpha value is -2.66. The normalized spacial score (nSPS) is 22.4. The summed E-state index contributed by atoms with van der Waals surface area (Å²) in [6.45, 7) is 6.79. The molecule has 4 atom stereocenters. The third-order valence-corrected chi connectivity index (χ3v) is 6.37. The maximum atomic E-state index is 11.2. The van der Waals surface area contributed by atoms with Crippen LogP contribution in [0.5, 0.6) is 5.75 Å². The van der Waals surface area contributed by atoms with E-state index < -0.39 is 6.10 Å². The highest BCUT2D eigenvalue weighted by Gasteiger charge is 2.39. The minimum absolute atomic E-state index is 0.0580. The van der Waals surface area contributed by atoms with E-state index in [1.807, 2.05) is 43.3 Å². The number of ether oxygens (including phenoxy) is 2. The molecule has 4 rings (SSSR count). The van der Waals surface area contributed by atoms with Gasteiger partial charge in [-0.2, -0.15) is 0 Å². The van der Waals surface area contributed by atoms with E-state index in [-0.39, 0.29) is 18.1 Å². The van der Waals surface area contributed by atoms with Crippen molar-refractivity contribution in [1.82, 2.24) is 4.90 Å². The van der Waals surface area contributed by atoms with Crippen molar-refractivity contribution < 1.29 is 14.6 Å². The molecule has 1 aliphatic heterocycles. The highest BCUT2D eigenvalue weighted by Crippen LogP contribution is 2.35. The van der Waals surface area contributed by atoms with Gasteiger partial charge in [-0.25, -0.2) is 0 Å². The molecule has 0 aromatic heterocycles. The molecule has 4 nitrogen and oxygen atoms in total. The highest BCUT2D eigenvalue weighted by atomic mass is 16.5. The van der Waals surface area contributed by atoms with Crippen molar-refractivity contribution >= 4 is 0 Å². The number of hydrogen-bond acceptors (Lipinski definition) is 4. The van der Waals surface area contributed by atoms with Crippen LogP contribution in [-0.4, -0.2) is 41.9 Å². The Morgan fingerprint density at radius 2 is 1.56 bits per heavy atom. The highest BCUT2D eigenvalue weighted by molar-refractivity contribution is 5.32. The van der Waals surface area contributed by atoms with Gasteiger partial charge in [0.2, 0.25) is 0 Å². The van der Waals surface area contributed by atoms with E-state index in [0.29, 0.717) is 19.8 Å². The predicted octanol–water partition coefficient (Wildman–Crippen LogP) is 5.19. The van der Waals surface area contributed by atoms with Gasteiger partial charge in [-0.15, -0.1) is 0 Å². The molecule has 4 heteroatoms. The van der Waals surface area contributed by atoms with E-state index in [0.717, 1.165) is 23.4 Å². The number of piperidine rings is 1. The third kappa shape index (κ3) is 5.39. The first-order valence-electron chi connectivity index (χ1n) is 11.5. The van der Waals surface area contributed by atoms with Crippen molar-refractivity contribution in [2.45, 2.75) is 44.6 Å². The van der Waals surface area contributed by atoms with Crippen LogP contribution in [0.1, 0.15) is 42.5 Å². The van der Waals surface area contributed by atoms with E-state index in [4.69, 9.17) is 9.47 Å². The van der Waals surface area contributed by atoms with Crippen LogP contribution >= 0.6 is 0 Å². The number of nitrogens with zero attached hydrogens (tertiary/aromatic N) is 1. The molecule has 0 spiro atoms. The molecule has 32 heavy (non-hydrogen) atoms. The predicted molar refractivity (Wildman–Crippen MR) is 128 cm³/mol. The Labute approximate surface area is 191 Å². The number of hydrogen-bond donors (Lipinski definition) is 1. The molecule has 0 radical (unpaired) electrons. The van der Waals surface area contributed by atoms with Gasteiger partial charge < -0.3 is 14.6 Å². The van der Waals surface area contributed by atoms with Crippen LogP contribution in [-0.2, 0) is 11.3 Å². The van der Waals surface area contributed by atoms with Gasteiger partial charge in [-0.05, 0) is 42.7 Å². The summed E-state index contributed by atoms with van der Waals surface area (Å²) < 4.78 is 12.1. The monoisotopic (exact) mass is 431 g/mol. The summed E-state index contributed by atoms with van der Waals surface area (Å²) in [6.07, 6.45) is -0.562. The minimum Gasteiger partial charge on any atom is -0.489 e. The summed E-state index contributed by atoms with van der Waals surface area (Å²) in [7, 11) is 0. The molecule has 1 fully saturated rings. The molecule has 0 aliphatic carbocycles. The van der Waals surface area contributed by atoms with Crippen LogP contribution < -0.4 is 4.74 Å². The lowest BCUT2D eigenvalue weighted by Crippen LogP contribution is -2.52. The Kier molecular flexibility index (Phi) is 7.59. The van der Waals surface area contributed by atoms with Gasteiger partial charge in [-0.3, -0.25) is 4.90 Å². The number of rotatable bonds is 8. The lowest BCUT2D eigenvalue weighted by molar-refractivity contribution is -0.0724. The van der Waals surface area contributed by atoms with Crippen LogP contribution in [0.15, 0.2) is 84.9 Å². The standard InChI is InChI=1S/C28H33NO3/c1-3-31-27-19-29(21(2)23-12-8-5-9-13-23)18-26(30)28(27)24-14-16-25(17-15-24)32-20-22-10-6-4-7-11-22/h4-17,21,26-28,30H,3,18-20H2,1-2H3/t21-,26+,27-,28-/m1/s1. The summed E-state index contributed by atoms with van der Waals surface area (Å²) in [5.74, 6) is 0.771. The van der Waals surface area contributed by atoms with Gasteiger partial charge in [0.15, 0.2) is 0 Å². The van der Waals surface area contributed by atoms with Crippen molar-refractivity contribution in [3.8, 4) is 5.75 Å². The molecule has 0 amide bonds. The first-order chi connectivity index (χ1) is 15.7. The van der Waals surface area contributed by atoms with Crippen LogP contribution in [0.4, 0.5) is 0 Å². The SMILES string of the molecule is CCO[C@@H]1CN([C@H](C)c2ccccc2)C[C@H](O)[C@H]1c1ccc(OCc2ccccc2)cc1. The Morgan fingerprint density at radius 1 is 0.906 bits per heavy atom. The summed E-state index contributed by atoms with van der Waals surface area (Å²) in [5.41, 5.74) is 3.49. The van der Waals surface area contributed by atoms with Gasteiger partial charge in [0, 0.05) is 31.7 Å². The van der Waals surface area contributed by atoms with Crippen molar-refractivity contribution in [3.05, 3.63) is 102 Å². The molecule has 3 aromatic carbocycles. The lowest BCUT2D eigenvalue weighted by atomic mass is 9.83. The van der Waals surface area contributed by atoms with Crippen LogP contribution in [0.25, 0.3) is 0 Å². The van der Waals surface area contributed by atoms with Gasteiger partial charge in [0.05, 0.1) is 12.2 Å². The molecule has 1 saturated heterocycles. The summed E-state index contributed by atoms with van der Waals surface area (Å²) >= 11 is 0. The minimum atomic E-state index is -0.498. The Bertz CT molecular complexity index is 945. The quantitative estimate of drug-likeness (QED) is 0.533. The van der Waals surface area contributed by atoms with E-state index >= 15 is 0 Å². The average molecular weight is 432 g/mol. The molecule has 0 saturated carbocycles. The maximum Gasteiger partial charge on any atom is 0.119 e. The summed E-state index contributed by atoms with van der Waals surface area (Å²) in [5, 5.41) is 11.2. The van der Waals surface area contributed by atoms with E-state index in [1.165, 1.54) is 5.56 Å². The second-order valence-electron chi connectivity index (χ2n) is 8.47. The number of likely N-dealkylation sites (tertiary alicyclic amines) is 1. The molecule has 0 bridgehead atoms. The smallest absolute Gasteiger partial charge is 0.119 e. The number of benzene rings is 3. The van der Waals surface area contributed by atoms with E-state index in [9.17, 15) is 5.11 Å². The molecule has 168 valence electrons. The van der Waals surface area contributed by atoms with Crippen LogP contribution in [0, 0.1) is 0 Å². The first-order valence-corrected chi connectivity index (χ1v) is 11.5. The van der Waals surface area contributed by atoms with E-state index in [1.54, 1.807) is 0 Å². The maximum absolute atomic E-state index is 11.2. The molecular formula is C28H33NO3. The van der Waals surface area contributed by atoms with Crippen molar-refractivity contribution in [2.24, 2.45) is 0 Å². The molecule has 1 aliphatic rings. The first kappa shape index (κ1) is 22.5. The fraction of sp³-hybridized carbons (Fsp3) is 0.357. The zero-order valence-electron chi connectivity index (χ0n) is 18.9. The molecule has 1 N–H and O–H groups in total. The number of aliphatic hydroxyl groups is 1. The fourth-order valence-electron chi connectivity index (χ4n) is 4.61. The second-order valence-corrected chi connectivity index (χ2v) is 8.47. The fourth-order valence-corrected chi connectivity index (χ4v) is 4.61.